The van der Waals surface area contributed by atoms with E-state index in [1.54, 1.807) is 13.0 Å². The summed E-state index contributed by atoms with van der Waals surface area (Å²) in [7, 11) is 0. The van der Waals surface area contributed by atoms with Crippen molar-refractivity contribution in [3.63, 3.8) is 0 Å². The van der Waals surface area contributed by atoms with E-state index in [0.717, 1.165) is 0 Å². The van der Waals surface area contributed by atoms with E-state index in [2.05, 4.69) is 0 Å². The fourth-order valence-electron chi connectivity index (χ4n) is 5.02. The van der Waals surface area contributed by atoms with Crippen molar-refractivity contribution in [2.45, 2.75) is 50.3 Å². The van der Waals surface area contributed by atoms with Gasteiger partial charge in [0.05, 0.1) is 30.8 Å². The number of ether oxygens (including phenoxy) is 2. The molecule has 0 aromatic heterocycles. The molecule has 0 aromatic carbocycles. The van der Waals surface area contributed by atoms with Gasteiger partial charge in [0.2, 0.25) is 0 Å². The van der Waals surface area contributed by atoms with Gasteiger partial charge in [0.15, 0.2) is 5.78 Å². The Balaban J connectivity index is 1.95. The predicted octanol–water partition coefficient (Wildman–Crippen LogP) is -0.838. The molecule has 0 aromatic rings. The molecule has 2 aliphatic heterocycles. The maximum Gasteiger partial charge on any atom is 0.187 e. The van der Waals surface area contributed by atoms with E-state index in [0.29, 0.717) is 18.6 Å². The molecule has 0 amide bonds. The van der Waals surface area contributed by atoms with Crippen LogP contribution in [-0.2, 0) is 14.3 Å². The first-order chi connectivity index (χ1) is 9.84. The average Bonchev–Trinajstić information content (AvgIpc) is 3.20. The second kappa shape index (κ2) is 3.75. The van der Waals surface area contributed by atoms with Crippen LogP contribution in [0.4, 0.5) is 0 Å². The number of fused-ring (bicyclic) bond motifs is 2. The molecule has 6 heteroatoms. The van der Waals surface area contributed by atoms with Crippen molar-refractivity contribution in [3.8, 4) is 0 Å². The number of carbonyl (C=O) groups excluding carboxylic acids is 1. The smallest absolute Gasteiger partial charge is 0.187 e. The summed E-state index contributed by atoms with van der Waals surface area (Å²) in [6.07, 6.45) is -1.14. The van der Waals surface area contributed by atoms with Gasteiger partial charge in [-0.05, 0) is 25.0 Å². The van der Waals surface area contributed by atoms with Crippen molar-refractivity contribution in [2.75, 3.05) is 13.2 Å². The summed E-state index contributed by atoms with van der Waals surface area (Å²) in [4.78, 5) is 12.3. The molecule has 0 radical (unpaired) electrons. The second-order valence-electron chi connectivity index (χ2n) is 7.07. The maximum absolute atomic E-state index is 12.3. The second-order valence-corrected chi connectivity index (χ2v) is 7.07. The molecule has 1 spiro atoms. The van der Waals surface area contributed by atoms with Gasteiger partial charge >= 0.3 is 0 Å². The number of epoxide rings is 1. The number of aliphatic hydroxyl groups excluding tert-OH is 3. The van der Waals surface area contributed by atoms with Crippen molar-refractivity contribution >= 4 is 5.78 Å². The Bertz CT molecular complexity index is 552. The van der Waals surface area contributed by atoms with Gasteiger partial charge in [0, 0.05) is 5.41 Å². The van der Waals surface area contributed by atoms with Gasteiger partial charge in [-0.25, -0.2) is 0 Å². The lowest BCUT2D eigenvalue weighted by Gasteiger charge is -2.58. The number of hydrogen-bond donors (Lipinski definition) is 3. The largest absolute Gasteiger partial charge is 0.396 e. The van der Waals surface area contributed by atoms with Gasteiger partial charge < -0.3 is 24.8 Å². The van der Waals surface area contributed by atoms with E-state index in [4.69, 9.17) is 9.47 Å². The molecular weight excluding hydrogens is 276 g/mol. The van der Waals surface area contributed by atoms with E-state index < -0.39 is 47.5 Å². The molecule has 7 atom stereocenters. The summed E-state index contributed by atoms with van der Waals surface area (Å²) >= 11 is 0. The third-order valence-electron chi connectivity index (χ3n) is 6.43. The first-order valence-electron chi connectivity index (χ1n) is 7.33. The van der Waals surface area contributed by atoms with Crippen molar-refractivity contribution in [2.24, 2.45) is 10.8 Å². The zero-order chi connectivity index (χ0) is 15.2. The Hall–Kier alpha value is -0.790. The highest BCUT2D eigenvalue weighted by Crippen LogP contribution is 2.70. The maximum atomic E-state index is 12.3. The minimum atomic E-state index is -1.35. The lowest BCUT2D eigenvalue weighted by Crippen LogP contribution is -2.70. The van der Waals surface area contributed by atoms with Crippen LogP contribution in [0.5, 0.6) is 0 Å². The Morgan fingerprint density at radius 3 is 2.67 bits per heavy atom. The Morgan fingerprint density at radius 2 is 2.10 bits per heavy atom. The van der Waals surface area contributed by atoms with E-state index in [1.165, 1.54) is 0 Å². The van der Waals surface area contributed by atoms with Crippen molar-refractivity contribution in [1.29, 1.82) is 0 Å². The van der Waals surface area contributed by atoms with Crippen LogP contribution >= 0.6 is 0 Å². The Kier molecular flexibility index (Phi) is 2.47. The fraction of sp³-hybridized carbons (Fsp3) is 0.800. The highest BCUT2D eigenvalue weighted by atomic mass is 16.6. The summed E-state index contributed by atoms with van der Waals surface area (Å²) in [6.45, 7) is 3.55. The molecule has 2 heterocycles. The highest BCUT2D eigenvalue weighted by molar-refractivity contribution is 6.00. The van der Waals surface area contributed by atoms with Gasteiger partial charge in [-0.1, -0.05) is 6.92 Å². The summed E-state index contributed by atoms with van der Waals surface area (Å²) in [6, 6.07) is 0. The molecule has 6 nitrogen and oxygen atoms in total. The van der Waals surface area contributed by atoms with Crippen molar-refractivity contribution in [3.05, 3.63) is 11.6 Å². The number of hydrogen-bond acceptors (Lipinski definition) is 6. The van der Waals surface area contributed by atoms with Crippen LogP contribution in [0.3, 0.4) is 0 Å². The molecule has 0 unspecified atom stereocenters. The molecule has 3 fully saturated rings. The van der Waals surface area contributed by atoms with E-state index >= 15 is 0 Å². The van der Waals surface area contributed by atoms with E-state index in [-0.39, 0.29) is 5.78 Å². The van der Waals surface area contributed by atoms with Crippen molar-refractivity contribution in [1.82, 2.24) is 0 Å². The Morgan fingerprint density at radius 1 is 1.43 bits per heavy atom. The summed E-state index contributed by atoms with van der Waals surface area (Å²) < 4.78 is 11.6. The number of rotatable bonds is 1. The Labute approximate surface area is 122 Å². The number of Topliss-reactive ketones (excluding diaryl/α,β-unsaturated/α-hetero) is 1. The lowest BCUT2D eigenvalue weighted by molar-refractivity contribution is -0.244. The molecule has 2 aliphatic carbocycles. The first-order valence-corrected chi connectivity index (χ1v) is 7.33. The van der Waals surface area contributed by atoms with Crippen LogP contribution in [0.1, 0.15) is 20.3 Å². The molecular formula is C15H20O6. The number of aliphatic hydroxyl groups is 3. The van der Waals surface area contributed by atoms with Crippen molar-refractivity contribution < 1.29 is 29.6 Å². The SMILES string of the molecule is CC1=C[C@@H]2O[C@H]3[C@H](O)C[C@@](C)([C@]2(CO)[C@@H](O)C1=O)[C@@]31CO1. The highest BCUT2D eigenvalue weighted by Gasteiger charge is 2.83. The first kappa shape index (κ1) is 13.8. The summed E-state index contributed by atoms with van der Waals surface area (Å²) in [5, 5.41) is 31.1. The van der Waals surface area contributed by atoms with E-state index in [9.17, 15) is 20.1 Å². The minimum Gasteiger partial charge on any atom is -0.396 e. The third-order valence-corrected chi connectivity index (χ3v) is 6.43. The molecule has 4 rings (SSSR count). The molecule has 3 N–H and O–H groups in total. The van der Waals surface area contributed by atoms with Crippen LogP contribution in [0.25, 0.3) is 0 Å². The average molecular weight is 296 g/mol. The number of carbonyl (C=O) groups is 1. The summed E-state index contributed by atoms with van der Waals surface area (Å²) in [5.41, 5.74) is -2.16. The topological polar surface area (TPSA) is 99.5 Å². The molecule has 21 heavy (non-hydrogen) atoms. The van der Waals surface area contributed by atoms with Crippen LogP contribution in [0.2, 0.25) is 0 Å². The standard InChI is InChI=1S/C15H20O6/c1-7-3-9-14(5-16,11(19)10(7)18)13(2)4-8(17)12(21-9)15(13)6-20-15/h3,8-9,11-12,16-17,19H,4-6H2,1-2H3/t8-,9+,11+,12+,13+,14+,15-/m1/s1. The van der Waals surface area contributed by atoms with Crippen LogP contribution in [0.15, 0.2) is 11.6 Å². The minimum absolute atomic E-state index is 0.339. The fourth-order valence-corrected chi connectivity index (χ4v) is 5.02. The molecule has 116 valence electrons. The predicted molar refractivity (Wildman–Crippen MR) is 70.4 cm³/mol. The monoisotopic (exact) mass is 296 g/mol. The lowest BCUT2D eigenvalue weighted by atomic mass is 9.50. The molecule has 4 aliphatic rings. The molecule has 2 saturated heterocycles. The van der Waals surface area contributed by atoms with Gasteiger partial charge in [-0.3, -0.25) is 4.79 Å². The molecule has 2 bridgehead atoms. The zero-order valence-electron chi connectivity index (χ0n) is 12.1. The van der Waals surface area contributed by atoms with Gasteiger partial charge in [0.25, 0.3) is 0 Å². The third kappa shape index (κ3) is 1.22. The van der Waals surface area contributed by atoms with Gasteiger partial charge in [-0.2, -0.15) is 0 Å². The number of ketones is 1. The zero-order valence-corrected chi connectivity index (χ0v) is 12.1. The summed E-state index contributed by atoms with van der Waals surface area (Å²) in [5.74, 6) is -0.388. The van der Waals surface area contributed by atoms with Crippen LogP contribution in [-0.4, -0.2) is 64.3 Å². The quantitative estimate of drug-likeness (QED) is 0.546. The van der Waals surface area contributed by atoms with Crippen LogP contribution in [0, 0.1) is 10.8 Å². The van der Waals surface area contributed by atoms with Crippen LogP contribution < -0.4 is 0 Å². The van der Waals surface area contributed by atoms with Gasteiger partial charge in [0.1, 0.15) is 17.8 Å². The van der Waals surface area contributed by atoms with E-state index in [1.807, 2.05) is 6.92 Å². The molecule has 1 saturated carbocycles. The normalized spacial score (nSPS) is 58.1. The van der Waals surface area contributed by atoms with Gasteiger partial charge in [-0.15, -0.1) is 0 Å².